The fraction of sp³-hybridized carbons (Fsp3) is 0.905. The van der Waals surface area contributed by atoms with Crippen LogP contribution in [0.15, 0.2) is 0 Å². The molecule has 8 bridgehead atoms. The van der Waals surface area contributed by atoms with Gasteiger partial charge < -0.3 is 37.9 Å². The molecular weight excluding hydrogens is 696 g/mol. The summed E-state index contributed by atoms with van der Waals surface area (Å²) in [5, 5.41) is 0. The molecule has 12 nitrogen and oxygen atoms in total. The molecule has 0 aromatic carbocycles. The first-order valence-electron chi connectivity index (χ1n) is 21.2. The highest BCUT2D eigenvalue weighted by Gasteiger charge is 2.41. The molecule has 0 unspecified atom stereocenters. The van der Waals surface area contributed by atoms with E-state index in [4.69, 9.17) is 37.9 Å². The summed E-state index contributed by atoms with van der Waals surface area (Å²) in [7, 11) is 0. The van der Waals surface area contributed by atoms with Crippen molar-refractivity contribution in [3.05, 3.63) is 0 Å². The first-order valence-corrected chi connectivity index (χ1v) is 21.2. The van der Waals surface area contributed by atoms with Crippen LogP contribution in [0.1, 0.15) is 145 Å². The van der Waals surface area contributed by atoms with Crippen LogP contribution in [-0.4, -0.2) is 97.1 Å². The highest BCUT2D eigenvalue weighted by molar-refractivity contribution is 5.74. The molecule has 5 aliphatic heterocycles. The van der Waals surface area contributed by atoms with Crippen LogP contribution in [0, 0.1) is 23.7 Å². The zero-order valence-electron chi connectivity index (χ0n) is 34.0. The Kier molecular flexibility index (Phi) is 15.7. The van der Waals surface area contributed by atoms with Crippen LogP contribution in [-0.2, 0) is 57.1 Å². The van der Waals surface area contributed by atoms with Crippen molar-refractivity contribution in [3.63, 3.8) is 0 Å². The molecule has 5 rings (SSSR count). The topological polar surface area (TPSA) is 142 Å². The quantitative estimate of drug-likeness (QED) is 0.216. The second-order valence-electron chi connectivity index (χ2n) is 17.0. The van der Waals surface area contributed by atoms with E-state index < -0.39 is 23.7 Å². The van der Waals surface area contributed by atoms with Crippen LogP contribution in [0.4, 0.5) is 0 Å². The van der Waals surface area contributed by atoms with Gasteiger partial charge in [0.15, 0.2) is 0 Å². The Morgan fingerprint density at radius 1 is 0.389 bits per heavy atom. The minimum atomic E-state index is -0.435. The molecule has 0 aromatic rings. The Morgan fingerprint density at radius 3 is 0.926 bits per heavy atom. The van der Waals surface area contributed by atoms with Gasteiger partial charge in [0.05, 0.1) is 72.5 Å². The molecule has 16 atom stereocenters. The van der Waals surface area contributed by atoms with Crippen molar-refractivity contribution in [2.24, 2.45) is 23.7 Å². The summed E-state index contributed by atoms with van der Waals surface area (Å²) in [6, 6.07) is 0. The zero-order valence-corrected chi connectivity index (χ0v) is 34.0. The number of ether oxygens (including phenoxy) is 8. The van der Waals surface area contributed by atoms with Crippen LogP contribution >= 0.6 is 0 Å². The first kappa shape index (κ1) is 42.9. The normalized spacial score (nSPS) is 44.0. The summed E-state index contributed by atoms with van der Waals surface area (Å²) >= 11 is 0. The predicted octanol–water partition coefficient (Wildman–Crippen LogP) is 6.80. The fourth-order valence-corrected chi connectivity index (χ4v) is 8.88. The number of hydrogen-bond donors (Lipinski definition) is 0. The van der Waals surface area contributed by atoms with Gasteiger partial charge in [-0.15, -0.1) is 0 Å². The number of cyclic esters (lactones) is 4. The van der Waals surface area contributed by atoms with E-state index in [1.54, 1.807) is 0 Å². The number of carbonyl (C=O) groups is 4. The van der Waals surface area contributed by atoms with Gasteiger partial charge in [0.25, 0.3) is 0 Å². The number of rotatable bonds is 2. The molecule has 308 valence electrons. The van der Waals surface area contributed by atoms with E-state index in [0.717, 1.165) is 51.4 Å². The predicted molar refractivity (Wildman–Crippen MR) is 198 cm³/mol. The van der Waals surface area contributed by atoms with Crippen molar-refractivity contribution < 1.29 is 57.1 Å². The molecule has 0 aromatic heterocycles. The smallest absolute Gasteiger partial charge is 0.311 e. The molecule has 0 aliphatic carbocycles. The lowest BCUT2D eigenvalue weighted by Crippen LogP contribution is -2.34. The van der Waals surface area contributed by atoms with Gasteiger partial charge in [0.2, 0.25) is 0 Å². The minimum Gasteiger partial charge on any atom is -0.462 e. The second kappa shape index (κ2) is 19.7. The lowest BCUT2D eigenvalue weighted by Gasteiger charge is -2.26. The van der Waals surface area contributed by atoms with Gasteiger partial charge in [-0.2, -0.15) is 0 Å². The lowest BCUT2D eigenvalue weighted by atomic mass is 9.99. The third kappa shape index (κ3) is 11.4. The summed E-state index contributed by atoms with van der Waals surface area (Å²) in [4.78, 5) is 53.0. The van der Waals surface area contributed by atoms with E-state index in [1.807, 2.05) is 55.4 Å². The van der Waals surface area contributed by atoms with E-state index in [2.05, 4.69) is 0 Å². The average molecular weight is 765 g/mol. The Hall–Kier alpha value is -2.28. The molecule has 0 N–H and O–H groups in total. The molecule has 5 fully saturated rings. The number of fused-ring (bicyclic) bond motifs is 8. The monoisotopic (exact) mass is 764 g/mol. The summed E-state index contributed by atoms with van der Waals surface area (Å²) in [5.41, 5.74) is 0. The third-order valence-electron chi connectivity index (χ3n) is 12.6. The molecule has 5 saturated heterocycles. The van der Waals surface area contributed by atoms with Gasteiger partial charge in [0.1, 0.15) is 24.4 Å². The van der Waals surface area contributed by atoms with Crippen LogP contribution < -0.4 is 0 Å². The summed E-state index contributed by atoms with van der Waals surface area (Å²) < 4.78 is 49.0. The van der Waals surface area contributed by atoms with E-state index in [-0.39, 0.29) is 97.1 Å². The maximum Gasteiger partial charge on any atom is 0.311 e. The molecule has 0 spiro atoms. The van der Waals surface area contributed by atoms with E-state index in [9.17, 15) is 19.2 Å². The van der Waals surface area contributed by atoms with Gasteiger partial charge in [-0.25, -0.2) is 0 Å². The molecular formula is C42H68O12. The summed E-state index contributed by atoms with van der Waals surface area (Å²) in [5.74, 6) is -2.88. The van der Waals surface area contributed by atoms with Crippen molar-refractivity contribution in [2.45, 2.75) is 219 Å². The van der Waals surface area contributed by atoms with Crippen molar-refractivity contribution in [1.82, 2.24) is 0 Å². The Balaban J connectivity index is 1.22. The summed E-state index contributed by atoms with van der Waals surface area (Å²) in [6.45, 7) is 15.2. The molecule has 0 radical (unpaired) electrons. The van der Waals surface area contributed by atoms with Gasteiger partial charge in [-0.05, 0) is 106 Å². The first-order chi connectivity index (χ1) is 25.7. The van der Waals surface area contributed by atoms with Crippen LogP contribution in [0.25, 0.3) is 0 Å². The second-order valence-corrected chi connectivity index (χ2v) is 17.0. The van der Waals surface area contributed by atoms with Crippen LogP contribution in [0.5, 0.6) is 0 Å². The average Bonchev–Trinajstić information content (AvgIpc) is 3.98. The largest absolute Gasteiger partial charge is 0.462 e. The van der Waals surface area contributed by atoms with Crippen LogP contribution in [0.2, 0.25) is 0 Å². The molecule has 0 amide bonds. The number of hydrogen-bond acceptors (Lipinski definition) is 12. The molecule has 54 heavy (non-hydrogen) atoms. The van der Waals surface area contributed by atoms with Gasteiger partial charge in [-0.1, -0.05) is 13.8 Å². The van der Waals surface area contributed by atoms with Crippen molar-refractivity contribution in [2.75, 3.05) is 0 Å². The van der Waals surface area contributed by atoms with E-state index in [0.29, 0.717) is 38.5 Å². The third-order valence-corrected chi connectivity index (χ3v) is 12.6. The molecule has 5 aliphatic rings. The lowest BCUT2D eigenvalue weighted by molar-refractivity contribution is -0.162. The van der Waals surface area contributed by atoms with Crippen molar-refractivity contribution in [3.8, 4) is 0 Å². The van der Waals surface area contributed by atoms with Crippen LogP contribution in [0.3, 0.4) is 0 Å². The highest BCUT2D eigenvalue weighted by atomic mass is 16.6. The van der Waals surface area contributed by atoms with Crippen molar-refractivity contribution in [1.29, 1.82) is 0 Å². The fourth-order valence-electron chi connectivity index (χ4n) is 8.88. The standard InChI is InChI=1S/C42H68O12/c1-9-29-21-33-13-17-35(51-33)25(5)39(43)47-24(4)20-32-12-16-38(50-32)28(8)42(46)54-30(10-2)22-34-14-18-36(52-34)26(6)40(44)48-23(3)19-31-11-15-37(49-31)27(7)41(45)53-29/h23-38H,9-22H2,1-8H3/t23-,24-,25-,26-,27+,28+,29-,30+,31-,32-,33+,34+,35-,36-,37+,38+/m0/s1. The zero-order chi connectivity index (χ0) is 39.1. The SMILES string of the molecule is CC[C@@H]1C[C@H]2CC[C@H](O2)[C@H](C)C(=O)O[C@@H](C)C[C@@H]2CC[C@@H](O2)[C@@H](C)C(=O)O[C@@H](CC)C[C@H]2CC[C@H](O2)[C@H](C)C(=O)O[C@@H](C)C[C@@H]2CC[C@@H](O2)[C@@H](C)C(=O)O1. The molecule has 12 heteroatoms. The maximum atomic E-state index is 13.3. The highest BCUT2D eigenvalue weighted by Crippen LogP contribution is 2.35. The molecule has 0 saturated carbocycles. The van der Waals surface area contributed by atoms with Crippen molar-refractivity contribution >= 4 is 23.9 Å². The minimum absolute atomic E-state index is 0.115. The van der Waals surface area contributed by atoms with Gasteiger partial charge >= 0.3 is 23.9 Å². The Morgan fingerprint density at radius 2 is 0.648 bits per heavy atom. The maximum absolute atomic E-state index is 13.3. The Labute approximate surface area is 322 Å². The number of esters is 4. The molecule has 5 heterocycles. The number of carbonyl (C=O) groups excluding carboxylic acids is 4. The van der Waals surface area contributed by atoms with E-state index >= 15 is 0 Å². The Bertz CT molecular complexity index is 1160. The van der Waals surface area contributed by atoms with Gasteiger partial charge in [-0.3, -0.25) is 19.2 Å². The summed E-state index contributed by atoms with van der Waals surface area (Å²) in [6.07, 6.45) is 6.72. The van der Waals surface area contributed by atoms with E-state index in [1.165, 1.54) is 0 Å². The van der Waals surface area contributed by atoms with Gasteiger partial charge in [0, 0.05) is 25.7 Å².